The molecule has 4 N–H and O–H groups in total. The van der Waals surface area contributed by atoms with E-state index in [1.807, 2.05) is 56.3 Å². The van der Waals surface area contributed by atoms with Crippen molar-refractivity contribution in [1.82, 2.24) is 20.6 Å². The molecule has 2 aromatic heterocycles. The highest BCUT2D eigenvalue weighted by Crippen LogP contribution is 2.38. The van der Waals surface area contributed by atoms with E-state index in [-0.39, 0.29) is 39.5 Å². The van der Waals surface area contributed by atoms with E-state index in [9.17, 15) is 25.1 Å². The molecule has 0 amide bonds. The van der Waals surface area contributed by atoms with Gasteiger partial charge in [-0.3, -0.25) is 35.2 Å². The molecule has 0 spiro atoms. The summed E-state index contributed by atoms with van der Waals surface area (Å²) >= 11 is 13.8. The van der Waals surface area contributed by atoms with Gasteiger partial charge in [-0.05, 0) is 82.6 Å². The van der Waals surface area contributed by atoms with Crippen LogP contribution < -0.4 is 29.6 Å². The van der Waals surface area contributed by atoms with Crippen molar-refractivity contribution in [3.8, 4) is 40.2 Å². The number of nitrogens with zero attached hydrogens (tertiary/aromatic N) is 4. The van der Waals surface area contributed by atoms with Gasteiger partial charge in [-0.1, -0.05) is 120 Å². The number of nitrogens with one attached hydrogen (secondary N) is 2. The number of rotatable bonds is 24. The van der Waals surface area contributed by atoms with Crippen LogP contribution in [0.3, 0.4) is 0 Å². The van der Waals surface area contributed by atoms with Crippen LogP contribution in [-0.2, 0) is 49.1 Å². The Labute approximate surface area is 456 Å². The number of aliphatic imine (C=N–C) groups is 1. The van der Waals surface area contributed by atoms with Gasteiger partial charge < -0.3 is 29.2 Å². The first-order chi connectivity index (χ1) is 37.4. The lowest BCUT2D eigenvalue weighted by Gasteiger charge is -2.20. The highest BCUT2D eigenvalue weighted by Gasteiger charge is 2.23. The number of carbonyl (C=O) groups is 2. The van der Waals surface area contributed by atoms with Gasteiger partial charge in [0.25, 0.3) is 0 Å². The first kappa shape index (κ1) is 54.7. The van der Waals surface area contributed by atoms with Crippen molar-refractivity contribution in [1.29, 1.82) is 5.26 Å². The van der Waals surface area contributed by atoms with E-state index in [4.69, 9.17) is 42.1 Å². The molecule has 6 aromatic carbocycles. The minimum atomic E-state index is -1.04. The molecular weight excluding hydrogens is 1020 g/mol. The second-order valence-electron chi connectivity index (χ2n) is 17.9. The van der Waals surface area contributed by atoms with Crippen LogP contribution in [0.5, 0.6) is 23.0 Å². The molecule has 16 heteroatoms. The number of benzene rings is 6. The molecule has 0 aliphatic heterocycles. The summed E-state index contributed by atoms with van der Waals surface area (Å²) in [5, 5.41) is 36.6. The molecule has 0 saturated carbocycles. The maximum atomic E-state index is 12.4. The van der Waals surface area contributed by atoms with E-state index in [1.54, 1.807) is 111 Å². The Morgan fingerprint density at radius 3 is 1.49 bits per heavy atom. The standard InChI is InChI=1S/C61H54Cl2N6O8/c1-38-46(36-76-56-24-54(74-34-42-20-40(26-64)28-66-30-42)48(22-52(56)62)32-68-58(60(70)71)44-12-6-4-7-13-44)16-10-18-50(38)51-19-11-17-47(39(51)2)37-77-57-25-55(75-35-43-21-41(27-65-3)29-67-31-43)49(23-53(57)63)33-69-59(61(72)73)45-14-8-5-9-15-45/h4-25,27-31,58-59,68-69H,32-37H2,1-3H3,(H,70,71)(H,72,73)/t58-,59-/m0/s1. The number of ether oxygens (including phenoxy) is 4. The summed E-state index contributed by atoms with van der Waals surface area (Å²) in [5.41, 5.74) is 10.9. The maximum absolute atomic E-state index is 12.4. The fraction of sp³-hybridized carbons (Fsp3) is 0.180. The van der Waals surface area contributed by atoms with Crippen molar-refractivity contribution < 1.29 is 38.7 Å². The molecule has 0 radical (unpaired) electrons. The minimum Gasteiger partial charge on any atom is -0.488 e. The van der Waals surface area contributed by atoms with E-state index in [2.05, 4.69) is 43.8 Å². The van der Waals surface area contributed by atoms with Gasteiger partial charge in [0.05, 0.1) is 15.6 Å². The number of hydrogen-bond acceptors (Lipinski definition) is 12. The Kier molecular flexibility index (Phi) is 18.6. The van der Waals surface area contributed by atoms with E-state index in [0.717, 1.165) is 44.5 Å². The lowest BCUT2D eigenvalue weighted by molar-refractivity contribution is -0.140. The Morgan fingerprint density at radius 2 is 1.04 bits per heavy atom. The number of aliphatic carboxylic acids is 2. The van der Waals surface area contributed by atoms with Crippen molar-refractivity contribution in [2.24, 2.45) is 4.99 Å². The second-order valence-corrected chi connectivity index (χ2v) is 18.8. The molecule has 8 aromatic rings. The number of pyridine rings is 2. The average Bonchev–Trinajstić information content (AvgIpc) is 3.43. The van der Waals surface area contributed by atoms with Crippen LogP contribution in [-0.4, -0.2) is 45.4 Å². The molecule has 77 heavy (non-hydrogen) atoms. The Hall–Kier alpha value is -8.58. The van der Waals surface area contributed by atoms with E-state index in [0.29, 0.717) is 66.4 Å². The zero-order valence-electron chi connectivity index (χ0n) is 42.4. The third-order valence-corrected chi connectivity index (χ3v) is 13.3. The topological polar surface area (TPSA) is 198 Å². The van der Waals surface area contributed by atoms with Crippen LogP contribution in [0.15, 0.2) is 163 Å². The van der Waals surface area contributed by atoms with Gasteiger partial charge in [-0.2, -0.15) is 5.26 Å². The van der Waals surface area contributed by atoms with Gasteiger partial charge in [-0.15, -0.1) is 0 Å². The monoisotopic (exact) mass is 1070 g/mol. The van der Waals surface area contributed by atoms with Crippen LogP contribution in [0.25, 0.3) is 11.1 Å². The predicted octanol–water partition coefficient (Wildman–Crippen LogP) is 12.1. The van der Waals surface area contributed by atoms with Gasteiger partial charge in [0, 0.05) is 91.1 Å². The van der Waals surface area contributed by atoms with Crippen LogP contribution in [0, 0.1) is 25.2 Å². The van der Waals surface area contributed by atoms with Gasteiger partial charge >= 0.3 is 11.9 Å². The predicted molar refractivity (Wildman–Crippen MR) is 296 cm³/mol. The average molecular weight is 1070 g/mol. The van der Waals surface area contributed by atoms with Gasteiger partial charge in [-0.25, -0.2) is 0 Å². The Morgan fingerprint density at radius 1 is 0.584 bits per heavy atom. The fourth-order valence-electron chi connectivity index (χ4n) is 8.66. The molecule has 8 rings (SSSR count). The zero-order chi connectivity index (χ0) is 54.3. The summed E-state index contributed by atoms with van der Waals surface area (Å²) in [7, 11) is 1.69. The lowest BCUT2D eigenvalue weighted by atomic mass is 9.92. The number of halogens is 2. The van der Waals surface area contributed by atoms with Gasteiger partial charge in [0.1, 0.15) is 67.6 Å². The summed E-state index contributed by atoms with van der Waals surface area (Å²) < 4.78 is 25.6. The normalized spacial score (nSPS) is 11.9. The highest BCUT2D eigenvalue weighted by atomic mass is 35.5. The van der Waals surface area contributed by atoms with Gasteiger partial charge in [0.15, 0.2) is 0 Å². The minimum absolute atomic E-state index is 0.0737. The SMILES string of the molecule is CN=Cc1cncc(COc2cc(OCc3cccc(-c4cccc(COc5cc(OCc6cncc(C#N)c6)c(CN[C@H](C(=O)O)c6ccccc6)cc5Cl)c4C)c3C)c(Cl)cc2CN[C@H](C(=O)O)c2ccccc2)c1. The fourth-order valence-corrected chi connectivity index (χ4v) is 9.14. The molecular formula is C61H54Cl2N6O8. The zero-order valence-corrected chi connectivity index (χ0v) is 43.9. The maximum Gasteiger partial charge on any atom is 0.325 e. The second kappa shape index (κ2) is 26.3. The first-order valence-corrected chi connectivity index (χ1v) is 25.2. The summed E-state index contributed by atoms with van der Waals surface area (Å²) in [6.45, 7) is 4.88. The molecule has 0 aliphatic carbocycles. The van der Waals surface area contributed by atoms with E-state index >= 15 is 0 Å². The van der Waals surface area contributed by atoms with Crippen LogP contribution in [0.2, 0.25) is 10.0 Å². The smallest absolute Gasteiger partial charge is 0.325 e. The van der Waals surface area contributed by atoms with E-state index < -0.39 is 24.0 Å². The number of carboxylic acids is 2. The number of hydrogen-bond donors (Lipinski definition) is 4. The number of carboxylic acid groups (broad SMARTS) is 2. The van der Waals surface area contributed by atoms with Crippen LogP contribution in [0.4, 0.5) is 0 Å². The molecule has 2 heterocycles. The number of nitriles is 1. The van der Waals surface area contributed by atoms with Gasteiger partial charge in [0.2, 0.25) is 0 Å². The quantitative estimate of drug-likeness (QED) is 0.0417. The molecule has 14 nitrogen and oxygen atoms in total. The third kappa shape index (κ3) is 14.2. The molecule has 0 fully saturated rings. The third-order valence-electron chi connectivity index (χ3n) is 12.7. The lowest BCUT2D eigenvalue weighted by Crippen LogP contribution is -2.28. The largest absolute Gasteiger partial charge is 0.488 e. The van der Waals surface area contributed by atoms with Crippen molar-refractivity contribution in [2.45, 2.75) is 65.4 Å². The number of aromatic nitrogens is 2. The molecule has 2 atom stereocenters. The summed E-state index contributed by atoms with van der Waals surface area (Å²) in [4.78, 5) is 37.3. The summed E-state index contributed by atoms with van der Waals surface area (Å²) in [6, 6.07) is 40.5. The molecule has 390 valence electrons. The summed E-state index contributed by atoms with van der Waals surface area (Å²) in [6.07, 6.45) is 8.21. The van der Waals surface area contributed by atoms with Crippen molar-refractivity contribution in [2.75, 3.05) is 7.05 Å². The van der Waals surface area contributed by atoms with Crippen molar-refractivity contribution >= 4 is 41.4 Å². The van der Waals surface area contributed by atoms with Crippen LogP contribution >= 0.6 is 23.2 Å². The summed E-state index contributed by atoms with van der Waals surface area (Å²) in [5.74, 6) is -0.467. The molecule has 0 bridgehead atoms. The first-order valence-electron chi connectivity index (χ1n) is 24.4. The van der Waals surface area contributed by atoms with Crippen molar-refractivity contribution in [3.05, 3.63) is 235 Å². The Bertz CT molecular complexity index is 3450. The Balaban J connectivity index is 1.00. The molecule has 0 aliphatic rings. The molecule has 0 saturated heterocycles. The van der Waals surface area contributed by atoms with Crippen molar-refractivity contribution in [3.63, 3.8) is 0 Å². The van der Waals surface area contributed by atoms with E-state index in [1.165, 1.54) is 6.20 Å². The molecule has 0 unspecified atom stereocenters. The highest BCUT2D eigenvalue weighted by molar-refractivity contribution is 6.32. The van der Waals surface area contributed by atoms with Crippen LogP contribution in [0.1, 0.15) is 78.8 Å².